The molecule has 0 radical (unpaired) electrons. The highest BCUT2D eigenvalue weighted by Gasteiger charge is 2.34. The van der Waals surface area contributed by atoms with Gasteiger partial charge in [0.1, 0.15) is 5.75 Å². The van der Waals surface area contributed by atoms with Crippen LogP contribution in [-0.2, 0) is 14.8 Å². The Hall–Kier alpha value is -1.80. The number of ether oxygens (including phenoxy) is 1. The van der Waals surface area contributed by atoms with Gasteiger partial charge >= 0.3 is 0 Å². The van der Waals surface area contributed by atoms with Crippen molar-refractivity contribution in [3.8, 4) is 5.75 Å². The standard InChI is InChI=1S/C21H24Cl2N2O4S/c1-14(15-5-7-17(22)8-6-15)24-21(26)16-4-3-11-25(13-16)30(27,28)18-9-10-20(29-2)19(23)12-18/h5-10,12,14,16H,3-4,11,13H2,1-2H3,(H,24,26). The van der Waals surface area contributed by atoms with E-state index in [0.29, 0.717) is 30.2 Å². The molecule has 1 amide bonds. The Morgan fingerprint density at radius 3 is 2.53 bits per heavy atom. The van der Waals surface area contributed by atoms with E-state index in [-0.39, 0.29) is 28.4 Å². The van der Waals surface area contributed by atoms with Gasteiger partial charge in [0.15, 0.2) is 0 Å². The van der Waals surface area contributed by atoms with Gasteiger partial charge in [0.25, 0.3) is 0 Å². The molecule has 9 heteroatoms. The van der Waals surface area contributed by atoms with Crippen LogP contribution in [0.15, 0.2) is 47.4 Å². The van der Waals surface area contributed by atoms with Crippen molar-refractivity contribution < 1.29 is 17.9 Å². The molecule has 3 rings (SSSR count). The highest BCUT2D eigenvalue weighted by Crippen LogP contribution is 2.30. The largest absolute Gasteiger partial charge is 0.495 e. The minimum Gasteiger partial charge on any atom is -0.495 e. The van der Waals surface area contributed by atoms with Crippen LogP contribution in [-0.4, -0.2) is 38.8 Å². The molecule has 0 aliphatic carbocycles. The number of nitrogens with zero attached hydrogens (tertiary/aromatic N) is 1. The van der Waals surface area contributed by atoms with E-state index < -0.39 is 15.9 Å². The summed E-state index contributed by atoms with van der Waals surface area (Å²) in [6.45, 7) is 2.38. The van der Waals surface area contributed by atoms with E-state index in [0.717, 1.165) is 5.56 Å². The molecule has 1 aliphatic rings. The van der Waals surface area contributed by atoms with E-state index in [1.807, 2.05) is 19.1 Å². The Bertz CT molecular complexity index is 1010. The number of halogens is 2. The minimum absolute atomic E-state index is 0.0869. The SMILES string of the molecule is COc1ccc(S(=O)(=O)N2CCCC(C(=O)NC(C)c3ccc(Cl)cc3)C2)cc1Cl. The van der Waals surface area contributed by atoms with Gasteiger partial charge in [-0.1, -0.05) is 35.3 Å². The number of amides is 1. The normalized spacial score (nSPS) is 18.6. The number of carbonyl (C=O) groups excluding carboxylic acids is 1. The molecule has 6 nitrogen and oxygen atoms in total. The van der Waals surface area contributed by atoms with Crippen LogP contribution >= 0.6 is 23.2 Å². The van der Waals surface area contributed by atoms with Crippen LogP contribution in [0.1, 0.15) is 31.4 Å². The number of sulfonamides is 1. The minimum atomic E-state index is -3.76. The molecule has 2 unspecified atom stereocenters. The van der Waals surface area contributed by atoms with Crippen LogP contribution in [0.3, 0.4) is 0 Å². The molecule has 1 saturated heterocycles. The second-order valence-electron chi connectivity index (χ2n) is 7.28. The number of piperidine rings is 1. The summed E-state index contributed by atoms with van der Waals surface area (Å²) in [6, 6.07) is 11.4. The zero-order valence-electron chi connectivity index (χ0n) is 16.8. The van der Waals surface area contributed by atoms with Crippen molar-refractivity contribution in [2.24, 2.45) is 5.92 Å². The van der Waals surface area contributed by atoms with Crippen molar-refractivity contribution in [3.05, 3.63) is 58.1 Å². The summed E-state index contributed by atoms with van der Waals surface area (Å²) in [5, 5.41) is 3.83. The van der Waals surface area contributed by atoms with Crippen LogP contribution in [0.25, 0.3) is 0 Å². The van der Waals surface area contributed by atoms with Crippen LogP contribution < -0.4 is 10.1 Å². The molecule has 2 aromatic carbocycles. The zero-order chi connectivity index (χ0) is 21.9. The fourth-order valence-electron chi connectivity index (χ4n) is 3.50. The Balaban J connectivity index is 1.70. The second-order valence-corrected chi connectivity index (χ2v) is 10.1. The lowest BCUT2D eigenvalue weighted by Gasteiger charge is -2.32. The first-order valence-electron chi connectivity index (χ1n) is 9.62. The van der Waals surface area contributed by atoms with E-state index in [2.05, 4.69) is 5.32 Å². The van der Waals surface area contributed by atoms with E-state index in [9.17, 15) is 13.2 Å². The summed E-state index contributed by atoms with van der Waals surface area (Å²) < 4.78 is 32.6. The van der Waals surface area contributed by atoms with Gasteiger partial charge in [0, 0.05) is 18.1 Å². The lowest BCUT2D eigenvalue weighted by Crippen LogP contribution is -2.45. The van der Waals surface area contributed by atoms with Crippen molar-refractivity contribution in [2.75, 3.05) is 20.2 Å². The Kier molecular flexibility index (Phi) is 7.29. The molecular weight excluding hydrogens is 447 g/mol. The lowest BCUT2D eigenvalue weighted by molar-refractivity contribution is -0.126. The van der Waals surface area contributed by atoms with Gasteiger partial charge in [-0.3, -0.25) is 4.79 Å². The smallest absolute Gasteiger partial charge is 0.243 e. The molecular formula is C21H24Cl2N2O4S. The Morgan fingerprint density at radius 1 is 1.20 bits per heavy atom. The van der Waals surface area contributed by atoms with Crippen LogP contribution in [0.4, 0.5) is 0 Å². The average molecular weight is 471 g/mol. The number of rotatable bonds is 6. The number of hydrogen-bond donors (Lipinski definition) is 1. The Labute approximate surface area is 187 Å². The first-order valence-corrected chi connectivity index (χ1v) is 11.8. The molecule has 1 aliphatic heterocycles. The predicted octanol–water partition coefficient (Wildman–Crippen LogP) is 4.28. The summed E-state index contributed by atoms with van der Waals surface area (Å²) in [4.78, 5) is 12.9. The van der Waals surface area contributed by atoms with Gasteiger partial charge in [-0.05, 0) is 55.7 Å². The molecule has 0 aromatic heterocycles. The first-order chi connectivity index (χ1) is 14.2. The molecule has 2 atom stereocenters. The molecule has 30 heavy (non-hydrogen) atoms. The van der Waals surface area contributed by atoms with E-state index >= 15 is 0 Å². The van der Waals surface area contributed by atoms with Gasteiger partial charge < -0.3 is 10.1 Å². The van der Waals surface area contributed by atoms with Gasteiger partial charge in [-0.2, -0.15) is 4.31 Å². The topological polar surface area (TPSA) is 75.7 Å². The summed E-state index contributed by atoms with van der Waals surface area (Å²) >= 11 is 12.0. The third-order valence-electron chi connectivity index (χ3n) is 5.24. The summed E-state index contributed by atoms with van der Waals surface area (Å²) in [5.74, 6) is -0.176. The average Bonchev–Trinajstić information content (AvgIpc) is 2.74. The third-order valence-corrected chi connectivity index (χ3v) is 7.65. The van der Waals surface area contributed by atoms with Gasteiger partial charge in [0.2, 0.25) is 15.9 Å². The Morgan fingerprint density at radius 2 is 1.90 bits per heavy atom. The van der Waals surface area contributed by atoms with Crippen molar-refractivity contribution in [2.45, 2.75) is 30.7 Å². The fourth-order valence-corrected chi connectivity index (χ4v) is 5.50. The number of nitrogens with one attached hydrogen (secondary N) is 1. The maximum absolute atomic E-state index is 13.1. The molecule has 0 bridgehead atoms. The second kappa shape index (κ2) is 9.56. The molecule has 1 N–H and O–H groups in total. The van der Waals surface area contributed by atoms with E-state index in [1.54, 1.807) is 12.1 Å². The molecule has 162 valence electrons. The fraction of sp³-hybridized carbons (Fsp3) is 0.381. The molecule has 0 saturated carbocycles. The van der Waals surface area contributed by atoms with Crippen LogP contribution in [0.2, 0.25) is 10.0 Å². The number of carbonyl (C=O) groups is 1. The summed E-state index contributed by atoms with van der Waals surface area (Å²) in [5.41, 5.74) is 0.931. The van der Waals surface area contributed by atoms with Gasteiger partial charge in [0.05, 0.1) is 29.0 Å². The van der Waals surface area contributed by atoms with Crippen LogP contribution in [0, 0.1) is 5.92 Å². The number of hydrogen-bond acceptors (Lipinski definition) is 4. The maximum atomic E-state index is 13.1. The third kappa shape index (κ3) is 5.09. The molecule has 2 aromatic rings. The molecule has 0 spiro atoms. The van der Waals surface area contributed by atoms with E-state index in [4.69, 9.17) is 27.9 Å². The first kappa shape index (κ1) is 22.9. The number of benzene rings is 2. The predicted molar refractivity (Wildman–Crippen MR) is 117 cm³/mol. The summed E-state index contributed by atoms with van der Waals surface area (Å²) in [7, 11) is -2.30. The van der Waals surface area contributed by atoms with Crippen molar-refractivity contribution in [1.29, 1.82) is 0 Å². The van der Waals surface area contributed by atoms with Gasteiger partial charge in [-0.25, -0.2) is 8.42 Å². The highest BCUT2D eigenvalue weighted by atomic mass is 35.5. The van der Waals surface area contributed by atoms with E-state index in [1.165, 1.54) is 29.6 Å². The quantitative estimate of drug-likeness (QED) is 0.683. The van der Waals surface area contributed by atoms with Crippen molar-refractivity contribution >= 4 is 39.1 Å². The maximum Gasteiger partial charge on any atom is 0.243 e. The summed E-state index contributed by atoms with van der Waals surface area (Å²) in [6.07, 6.45) is 1.24. The van der Waals surface area contributed by atoms with Crippen molar-refractivity contribution in [1.82, 2.24) is 9.62 Å². The molecule has 1 heterocycles. The van der Waals surface area contributed by atoms with Crippen molar-refractivity contribution in [3.63, 3.8) is 0 Å². The monoisotopic (exact) mass is 470 g/mol. The highest BCUT2D eigenvalue weighted by molar-refractivity contribution is 7.89. The zero-order valence-corrected chi connectivity index (χ0v) is 19.1. The van der Waals surface area contributed by atoms with Crippen LogP contribution in [0.5, 0.6) is 5.75 Å². The van der Waals surface area contributed by atoms with Gasteiger partial charge in [-0.15, -0.1) is 0 Å². The lowest BCUT2D eigenvalue weighted by atomic mass is 9.98. The molecule has 1 fully saturated rings. The number of methoxy groups -OCH3 is 1.